The van der Waals surface area contributed by atoms with Gasteiger partial charge >= 0.3 is 12.8 Å². The van der Waals surface area contributed by atoms with Gasteiger partial charge < -0.3 is 4.74 Å². The minimum atomic E-state index is -4.79. The molecule has 0 fully saturated rings. The standard InChI is InChI=1S/C24H18ClF6N9O/c1-38-22(33-12-35-38)14-9-34-39(10-14)17(6-7-41-23(27)28)16-4-2-13(8-32-16)20-18(5-3-15(25)21(20)26)40-11-19(36-37-40)24(29,30)31/h2-5,8-12,17,23H,6-7H2,1H3/i7D2. The number of rotatable bonds is 9. The number of alkyl halides is 5. The molecule has 1 atom stereocenters. The summed E-state index contributed by atoms with van der Waals surface area (Å²) in [6, 6.07) is 3.99. The summed E-state index contributed by atoms with van der Waals surface area (Å²) < 4.78 is 104. The lowest BCUT2D eigenvalue weighted by Crippen LogP contribution is -2.16. The Balaban J connectivity index is 1.55. The van der Waals surface area contributed by atoms with Gasteiger partial charge in [0.15, 0.2) is 17.3 Å². The van der Waals surface area contributed by atoms with Crippen molar-refractivity contribution in [2.24, 2.45) is 7.05 Å². The summed E-state index contributed by atoms with van der Waals surface area (Å²) in [4.78, 5) is 8.41. The van der Waals surface area contributed by atoms with Crippen LogP contribution in [0, 0.1) is 5.82 Å². The summed E-state index contributed by atoms with van der Waals surface area (Å²) in [6.07, 6.45) is 0.502. The Bertz CT molecular complexity index is 1740. The molecule has 41 heavy (non-hydrogen) atoms. The average Bonchev–Trinajstić information content (AvgIpc) is 3.69. The second kappa shape index (κ2) is 11.3. The van der Waals surface area contributed by atoms with Crippen molar-refractivity contribution in [3.05, 3.63) is 77.6 Å². The highest BCUT2D eigenvalue weighted by Gasteiger charge is 2.35. The van der Waals surface area contributed by atoms with Gasteiger partial charge in [0, 0.05) is 30.6 Å². The van der Waals surface area contributed by atoms with Crippen molar-refractivity contribution in [3.8, 4) is 28.2 Å². The molecule has 0 saturated heterocycles. The predicted octanol–water partition coefficient (Wildman–Crippen LogP) is 5.35. The first-order valence-electron chi connectivity index (χ1n) is 12.5. The fourth-order valence-corrected chi connectivity index (χ4v) is 4.13. The summed E-state index contributed by atoms with van der Waals surface area (Å²) in [6.45, 7) is -6.23. The SMILES string of the molecule is [2H]C([2H])(CC(c1ccc(-c2c(-n3cc(C(F)(F)F)nn3)ccc(Cl)c2F)cn1)n1cc(-c2ncnn2C)cn1)OC(F)F. The van der Waals surface area contributed by atoms with Crippen molar-refractivity contribution >= 4 is 11.6 Å². The molecule has 0 aliphatic heterocycles. The summed E-state index contributed by atoms with van der Waals surface area (Å²) in [5, 5.41) is 14.4. The fraction of sp³-hybridized carbons (Fsp3) is 0.250. The van der Waals surface area contributed by atoms with E-state index in [1.807, 2.05) is 0 Å². The first-order chi connectivity index (χ1) is 20.2. The zero-order valence-corrected chi connectivity index (χ0v) is 21.4. The summed E-state index contributed by atoms with van der Waals surface area (Å²) in [5.74, 6) is -0.553. The maximum atomic E-state index is 15.3. The van der Waals surface area contributed by atoms with Crippen LogP contribution >= 0.6 is 11.6 Å². The third-order valence-corrected chi connectivity index (χ3v) is 6.15. The Labute approximate surface area is 235 Å². The fourth-order valence-electron chi connectivity index (χ4n) is 3.97. The third kappa shape index (κ3) is 5.92. The highest BCUT2D eigenvalue weighted by Crippen LogP contribution is 2.35. The van der Waals surface area contributed by atoms with Gasteiger partial charge in [0.2, 0.25) is 0 Å². The van der Waals surface area contributed by atoms with Gasteiger partial charge in [-0.25, -0.2) is 18.7 Å². The average molecular weight is 600 g/mol. The molecular weight excluding hydrogens is 580 g/mol. The molecular formula is C24H18ClF6N9O. The molecule has 0 amide bonds. The van der Waals surface area contributed by atoms with Crippen LogP contribution in [0.15, 0.2) is 55.4 Å². The maximum Gasteiger partial charge on any atom is 0.436 e. The molecule has 4 aromatic heterocycles. The second-order valence-corrected chi connectivity index (χ2v) is 8.84. The largest absolute Gasteiger partial charge is 0.436 e. The van der Waals surface area contributed by atoms with Crippen LogP contribution in [0.2, 0.25) is 5.02 Å². The number of hydrogen-bond donors (Lipinski definition) is 0. The van der Waals surface area contributed by atoms with Crippen molar-refractivity contribution in [2.45, 2.75) is 25.3 Å². The molecule has 0 saturated carbocycles. The summed E-state index contributed by atoms with van der Waals surface area (Å²) in [7, 11) is 1.64. The minimum Gasteiger partial charge on any atom is -0.323 e. The van der Waals surface area contributed by atoms with Crippen LogP contribution in [0.25, 0.3) is 28.2 Å². The van der Waals surface area contributed by atoms with Crippen molar-refractivity contribution in [1.29, 1.82) is 0 Å². The van der Waals surface area contributed by atoms with Crippen LogP contribution in [0.5, 0.6) is 0 Å². The molecule has 0 radical (unpaired) electrons. The van der Waals surface area contributed by atoms with E-state index in [-0.39, 0.29) is 27.5 Å². The lowest BCUT2D eigenvalue weighted by Gasteiger charge is -2.18. The number of hydrogen-bond acceptors (Lipinski definition) is 7. The maximum absolute atomic E-state index is 15.3. The second-order valence-electron chi connectivity index (χ2n) is 8.43. The molecule has 5 aromatic rings. The molecule has 0 bridgehead atoms. The normalized spacial score (nSPS) is 13.9. The highest BCUT2D eigenvalue weighted by atomic mass is 35.5. The van der Waals surface area contributed by atoms with Gasteiger partial charge in [-0.3, -0.25) is 9.67 Å². The van der Waals surface area contributed by atoms with E-state index in [1.54, 1.807) is 7.05 Å². The van der Waals surface area contributed by atoms with Gasteiger partial charge in [0.1, 0.15) is 6.33 Å². The Hall–Kier alpha value is -4.31. The lowest BCUT2D eigenvalue weighted by molar-refractivity contribution is -0.141. The molecule has 214 valence electrons. The minimum absolute atomic E-state index is 0.0636. The smallest absolute Gasteiger partial charge is 0.323 e. The molecule has 0 aliphatic rings. The van der Waals surface area contributed by atoms with Crippen LogP contribution in [-0.2, 0) is 18.0 Å². The van der Waals surface area contributed by atoms with E-state index in [2.05, 4.69) is 35.2 Å². The topological polar surface area (TPSA) is 101 Å². The van der Waals surface area contributed by atoms with Crippen LogP contribution < -0.4 is 0 Å². The first kappa shape index (κ1) is 25.6. The summed E-state index contributed by atoms with van der Waals surface area (Å²) >= 11 is 5.97. The molecule has 5 rings (SSSR count). The zero-order chi connectivity index (χ0) is 31.1. The van der Waals surface area contributed by atoms with Gasteiger partial charge in [-0.2, -0.15) is 32.1 Å². The number of benzene rings is 1. The van der Waals surface area contributed by atoms with Gasteiger partial charge in [0.05, 0.1) is 49.7 Å². The Kier molecular flexibility index (Phi) is 7.06. The third-order valence-electron chi connectivity index (χ3n) is 5.86. The molecule has 1 unspecified atom stereocenters. The van der Waals surface area contributed by atoms with Crippen molar-refractivity contribution in [1.82, 2.24) is 44.5 Å². The van der Waals surface area contributed by atoms with Crippen LogP contribution in [-0.4, -0.2) is 57.7 Å². The molecule has 0 aliphatic carbocycles. The van der Waals surface area contributed by atoms with E-state index in [9.17, 15) is 22.0 Å². The van der Waals surface area contributed by atoms with Gasteiger partial charge in [-0.05, 0) is 24.6 Å². The van der Waals surface area contributed by atoms with E-state index in [1.165, 1.54) is 52.5 Å². The summed E-state index contributed by atoms with van der Waals surface area (Å²) in [5.41, 5.74) is -1.02. The van der Waals surface area contributed by atoms with E-state index in [4.69, 9.17) is 14.3 Å². The molecule has 4 heterocycles. The molecule has 17 heteroatoms. The zero-order valence-electron chi connectivity index (χ0n) is 22.6. The van der Waals surface area contributed by atoms with Gasteiger partial charge in [0.25, 0.3) is 0 Å². The number of aromatic nitrogens is 9. The van der Waals surface area contributed by atoms with Crippen LogP contribution in [0.1, 0.15) is 26.6 Å². The van der Waals surface area contributed by atoms with E-state index < -0.39 is 43.3 Å². The molecule has 1 aromatic carbocycles. The monoisotopic (exact) mass is 599 g/mol. The van der Waals surface area contributed by atoms with Crippen molar-refractivity contribution in [3.63, 3.8) is 0 Å². The molecule has 0 N–H and O–H groups in total. The lowest BCUT2D eigenvalue weighted by atomic mass is 10.0. The number of nitrogens with zero attached hydrogens (tertiary/aromatic N) is 9. The number of aryl methyl sites for hydroxylation is 1. The van der Waals surface area contributed by atoms with Gasteiger partial charge in [-0.15, -0.1) is 5.10 Å². The first-order valence-corrected chi connectivity index (χ1v) is 11.9. The Morgan fingerprint density at radius 3 is 2.49 bits per heavy atom. The van der Waals surface area contributed by atoms with Crippen LogP contribution in [0.3, 0.4) is 0 Å². The van der Waals surface area contributed by atoms with E-state index in [0.717, 1.165) is 10.7 Å². The number of ether oxygens (including phenoxy) is 1. The molecule has 10 nitrogen and oxygen atoms in total. The van der Waals surface area contributed by atoms with Crippen molar-refractivity contribution in [2.75, 3.05) is 6.56 Å². The van der Waals surface area contributed by atoms with Crippen molar-refractivity contribution < 1.29 is 33.8 Å². The Morgan fingerprint density at radius 1 is 1.05 bits per heavy atom. The van der Waals surface area contributed by atoms with Crippen LogP contribution in [0.4, 0.5) is 26.3 Å². The Morgan fingerprint density at radius 2 is 1.85 bits per heavy atom. The predicted molar refractivity (Wildman–Crippen MR) is 131 cm³/mol. The quantitative estimate of drug-likeness (QED) is 0.211. The van der Waals surface area contributed by atoms with E-state index in [0.29, 0.717) is 17.6 Å². The number of pyridine rings is 1. The van der Waals surface area contributed by atoms with Gasteiger partial charge in [-0.1, -0.05) is 22.9 Å². The van der Waals surface area contributed by atoms with E-state index >= 15 is 4.39 Å². The number of halogens is 7. The highest BCUT2D eigenvalue weighted by molar-refractivity contribution is 6.31. The molecule has 0 spiro atoms.